The second-order valence-corrected chi connectivity index (χ2v) is 3.94. The molecular formula is C15H11NO. The molecule has 82 valence electrons. The summed E-state index contributed by atoms with van der Waals surface area (Å²) in [6, 6.07) is 17.8. The molecule has 0 aliphatic heterocycles. The standard InChI is InChI=1S/C15H11NO/c17-13-9-12-7-4-8-14(15(12)16-10-13)11-5-2-1-3-6-11/h1-10,17H. The van der Waals surface area contributed by atoms with E-state index in [1.165, 1.54) is 6.20 Å². The zero-order chi connectivity index (χ0) is 11.7. The van der Waals surface area contributed by atoms with Crippen molar-refractivity contribution in [2.45, 2.75) is 0 Å². The van der Waals surface area contributed by atoms with Gasteiger partial charge in [0.15, 0.2) is 0 Å². The van der Waals surface area contributed by atoms with Crippen molar-refractivity contribution < 1.29 is 5.11 Å². The highest BCUT2D eigenvalue weighted by atomic mass is 16.3. The first-order valence-electron chi connectivity index (χ1n) is 5.48. The summed E-state index contributed by atoms with van der Waals surface area (Å²) in [4.78, 5) is 4.31. The summed E-state index contributed by atoms with van der Waals surface area (Å²) in [6.45, 7) is 0. The maximum atomic E-state index is 9.43. The largest absolute Gasteiger partial charge is 0.506 e. The first-order valence-corrected chi connectivity index (χ1v) is 5.48. The fraction of sp³-hybridized carbons (Fsp3) is 0. The first kappa shape index (κ1) is 9.85. The van der Waals surface area contributed by atoms with Crippen LogP contribution in [0.25, 0.3) is 22.0 Å². The van der Waals surface area contributed by atoms with E-state index in [0.29, 0.717) is 0 Å². The minimum atomic E-state index is 0.197. The lowest BCUT2D eigenvalue weighted by molar-refractivity contribution is 0.474. The molecule has 1 N–H and O–H groups in total. The van der Waals surface area contributed by atoms with E-state index in [4.69, 9.17) is 0 Å². The summed E-state index contributed by atoms with van der Waals surface area (Å²) in [5, 5.41) is 10.4. The molecule has 2 nitrogen and oxygen atoms in total. The van der Waals surface area contributed by atoms with Gasteiger partial charge in [-0.1, -0.05) is 48.5 Å². The van der Waals surface area contributed by atoms with Crippen molar-refractivity contribution in [3.05, 3.63) is 60.8 Å². The molecule has 0 saturated carbocycles. The highest BCUT2D eigenvalue weighted by Gasteiger charge is 2.04. The molecule has 0 saturated heterocycles. The maximum absolute atomic E-state index is 9.43. The molecule has 2 aromatic carbocycles. The molecule has 0 radical (unpaired) electrons. The van der Waals surface area contributed by atoms with Gasteiger partial charge in [-0.25, -0.2) is 0 Å². The van der Waals surface area contributed by atoms with E-state index >= 15 is 0 Å². The van der Waals surface area contributed by atoms with Crippen LogP contribution in [-0.2, 0) is 0 Å². The van der Waals surface area contributed by atoms with Gasteiger partial charge in [0, 0.05) is 10.9 Å². The normalized spacial score (nSPS) is 10.6. The van der Waals surface area contributed by atoms with Gasteiger partial charge in [-0.3, -0.25) is 4.98 Å². The van der Waals surface area contributed by atoms with Gasteiger partial charge in [0.05, 0.1) is 11.7 Å². The van der Waals surface area contributed by atoms with Crippen molar-refractivity contribution in [3.63, 3.8) is 0 Å². The van der Waals surface area contributed by atoms with Crippen LogP contribution in [0.4, 0.5) is 0 Å². The molecule has 17 heavy (non-hydrogen) atoms. The number of fused-ring (bicyclic) bond motifs is 1. The molecule has 0 fully saturated rings. The second kappa shape index (κ2) is 3.91. The number of rotatable bonds is 1. The predicted molar refractivity (Wildman–Crippen MR) is 68.8 cm³/mol. The summed E-state index contributed by atoms with van der Waals surface area (Å²) >= 11 is 0. The molecule has 0 aliphatic carbocycles. The maximum Gasteiger partial charge on any atom is 0.134 e. The molecule has 0 atom stereocenters. The van der Waals surface area contributed by atoms with Crippen molar-refractivity contribution in [3.8, 4) is 16.9 Å². The van der Waals surface area contributed by atoms with Crippen molar-refractivity contribution in [1.82, 2.24) is 4.98 Å². The highest BCUT2D eigenvalue weighted by molar-refractivity contribution is 5.93. The van der Waals surface area contributed by atoms with Crippen molar-refractivity contribution in [1.29, 1.82) is 0 Å². The van der Waals surface area contributed by atoms with E-state index in [0.717, 1.165) is 22.0 Å². The monoisotopic (exact) mass is 221 g/mol. The Morgan fingerprint density at radius 3 is 2.53 bits per heavy atom. The van der Waals surface area contributed by atoms with Gasteiger partial charge in [-0.05, 0) is 11.6 Å². The molecular weight excluding hydrogens is 210 g/mol. The average molecular weight is 221 g/mol. The molecule has 0 bridgehead atoms. The Balaban J connectivity index is 2.31. The van der Waals surface area contributed by atoms with Gasteiger partial charge in [0.25, 0.3) is 0 Å². The van der Waals surface area contributed by atoms with Gasteiger partial charge in [0.2, 0.25) is 0 Å². The van der Waals surface area contributed by atoms with Crippen molar-refractivity contribution in [2.24, 2.45) is 0 Å². The molecule has 0 aliphatic rings. The van der Waals surface area contributed by atoms with Crippen molar-refractivity contribution in [2.75, 3.05) is 0 Å². The SMILES string of the molecule is Oc1cnc2c(-c3ccccc3)cccc2c1. The summed E-state index contributed by atoms with van der Waals surface area (Å²) in [5.74, 6) is 0.197. The zero-order valence-electron chi connectivity index (χ0n) is 9.17. The highest BCUT2D eigenvalue weighted by Crippen LogP contribution is 2.28. The smallest absolute Gasteiger partial charge is 0.134 e. The van der Waals surface area contributed by atoms with Crippen LogP contribution in [0, 0.1) is 0 Å². The number of nitrogens with zero attached hydrogens (tertiary/aromatic N) is 1. The van der Waals surface area contributed by atoms with Gasteiger partial charge in [-0.15, -0.1) is 0 Å². The number of benzene rings is 2. The lowest BCUT2D eigenvalue weighted by Crippen LogP contribution is -1.84. The number of hydrogen-bond acceptors (Lipinski definition) is 2. The van der Waals surface area contributed by atoms with Gasteiger partial charge in [-0.2, -0.15) is 0 Å². The molecule has 1 aromatic heterocycles. The molecule has 1 heterocycles. The number of aromatic nitrogens is 1. The Morgan fingerprint density at radius 1 is 0.882 bits per heavy atom. The number of aromatic hydroxyl groups is 1. The quantitative estimate of drug-likeness (QED) is 0.681. The third-order valence-electron chi connectivity index (χ3n) is 2.78. The fourth-order valence-electron chi connectivity index (χ4n) is 2.00. The van der Waals surface area contributed by atoms with Crippen LogP contribution in [0.2, 0.25) is 0 Å². The Labute approximate surface area is 99.2 Å². The van der Waals surface area contributed by atoms with E-state index in [2.05, 4.69) is 17.1 Å². The van der Waals surface area contributed by atoms with Gasteiger partial charge in [0.1, 0.15) is 5.75 Å². The Morgan fingerprint density at radius 2 is 1.71 bits per heavy atom. The Hall–Kier alpha value is -2.35. The number of pyridine rings is 1. The van der Waals surface area contributed by atoms with Crippen LogP contribution in [0.1, 0.15) is 0 Å². The van der Waals surface area contributed by atoms with E-state index < -0.39 is 0 Å². The molecule has 0 spiro atoms. The topological polar surface area (TPSA) is 33.1 Å². The lowest BCUT2D eigenvalue weighted by atomic mass is 10.0. The Kier molecular flexibility index (Phi) is 2.26. The summed E-state index contributed by atoms with van der Waals surface area (Å²) in [5.41, 5.74) is 3.14. The molecule has 0 unspecified atom stereocenters. The van der Waals surface area contributed by atoms with E-state index in [1.807, 2.05) is 36.4 Å². The van der Waals surface area contributed by atoms with Crippen LogP contribution in [0.15, 0.2) is 60.8 Å². The predicted octanol–water partition coefficient (Wildman–Crippen LogP) is 3.61. The van der Waals surface area contributed by atoms with E-state index in [9.17, 15) is 5.11 Å². The molecule has 3 rings (SSSR count). The fourth-order valence-corrected chi connectivity index (χ4v) is 2.00. The first-order chi connectivity index (χ1) is 8.34. The summed E-state index contributed by atoms with van der Waals surface area (Å²) in [7, 11) is 0. The summed E-state index contributed by atoms with van der Waals surface area (Å²) in [6.07, 6.45) is 1.48. The third-order valence-corrected chi connectivity index (χ3v) is 2.78. The zero-order valence-corrected chi connectivity index (χ0v) is 9.17. The number of para-hydroxylation sites is 1. The van der Waals surface area contributed by atoms with Gasteiger partial charge >= 0.3 is 0 Å². The Bertz CT molecular complexity index is 662. The van der Waals surface area contributed by atoms with Crippen LogP contribution < -0.4 is 0 Å². The van der Waals surface area contributed by atoms with Crippen LogP contribution in [-0.4, -0.2) is 10.1 Å². The van der Waals surface area contributed by atoms with Crippen molar-refractivity contribution >= 4 is 10.9 Å². The summed E-state index contributed by atoms with van der Waals surface area (Å²) < 4.78 is 0. The third kappa shape index (κ3) is 1.74. The van der Waals surface area contributed by atoms with Crippen LogP contribution in [0.5, 0.6) is 5.75 Å². The second-order valence-electron chi connectivity index (χ2n) is 3.94. The minimum Gasteiger partial charge on any atom is -0.506 e. The minimum absolute atomic E-state index is 0.197. The van der Waals surface area contributed by atoms with Crippen LogP contribution >= 0.6 is 0 Å². The van der Waals surface area contributed by atoms with Crippen LogP contribution in [0.3, 0.4) is 0 Å². The molecule has 3 aromatic rings. The van der Waals surface area contributed by atoms with Gasteiger partial charge < -0.3 is 5.11 Å². The lowest BCUT2D eigenvalue weighted by Gasteiger charge is -2.05. The molecule has 2 heteroatoms. The molecule has 0 amide bonds. The van der Waals surface area contributed by atoms with E-state index in [1.54, 1.807) is 6.07 Å². The average Bonchev–Trinajstić information content (AvgIpc) is 2.39. The number of hydrogen-bond donors (Lipinski definition) is 1. The van der Waals surface area contributed by atoms with E-state index in [-0.39, 0.29) is 5.75 Å².